The number of nitrogens with zero attached hydrogens (tertiary/aromatic N) is 2. The Labute approximate surface area is 159 Å². The number of carbonyl (C=O) groups excluding carboxylic acids is 1. The van der Waals surface area contributed by atoms with Crippen molar-refractivity contribution in [3.63, 3.8) is 0 Å². The number of amides is 2. The molecular formula is C18H14Cl2N4O2. The molecule has 0 fully saturated rings. The Hall–Kier alpha value is -2.83. The molecule has 6 nitrogen and oxygen atoms in total. The van der Waals surface area contributed by atoms with E-state index < -0.39 is 6.03 Å². The predicted octanol–water partition coefficient (Wildman–Crippen LogP) is 4.40. The van der Waals surface area contributed by atoms with Gasteiger partial charge in [0.25, 0.3) is 5.56 Å². The lowest BCUT2D eigenvalue weighted by Crippen LogP contribution is -2.19. The van der Waals surface area contributed by atoms with E-state index in [1.54, 1.807) is 55.6 Å². The van der Waals surface area contributed by atoms with Crippen molar-refractivity contribution < 1.29 is 4.79 Å². The number of aryl methyl sites for hydroxylation is 1. The van der Waals surface area contributed by atoms with E-state index in [0.717, 1.165) is 5.56 Å². The van der Waals surface area contributed by atoms with Crippen LogP contribution < -0.4 is 16.2 Å². The number of aromatic nitrogens is 2. The molecule has 0 aliphatic carbocycles. The summed E-state index contributed by atoms with van der Waals surface area (Å²) < 4.78 is 1.27. The van der Waals surface area contributed by atoms with Gasteiger partial charge >= 0.3 is 6.03 Å². The van der Waals surface area contributed by atoms with Crippen molar-refractivity contribution in [2.45, 2.75) is 0 Å². The van der Waals surface area contributed by atoms with Gasteiger partial charge in [0.2, 0.25) is 0 Å². The van der Waals surface area contributed by atoms with E-state index in [9.17, 15) is 9.59 Å². The Morgan fingerprint density at radius 2 is 1.54 bits per heavy atom. The number of urea groups is 1. The van der Waals surface area contributed by atoms with Crippen molar-refractivity contribution in [3.05, 3.63) is 75.0 Å². The van der Waals surface area contributed by atoms with Gasteiger partial charge in [-0.1, -0.05) is 35.3 Å². The molecule has 0 unspecified atom stereocenters. The van der Waals surface area contributed by atoms with Crippen LogP contribution in [0.1, 0.15) is 0 Å². The molecule has 0 saturated heterocycles. The fourth-order valence-electron chi connectivity index (χ4n) is 2.30. The first-order valence-electron chi connectivity index (χ1n) is 7.59. The van der Waals surface area contributed by atoms with Gasteiger partial charge in [0.05, 0.1) is 5.69 Å². The minimum atomic E-state index is -0.420. The molecule has 0 aliphatic rings. The van der Waals surface area contributed by atoms with Crippen molar-refractivity contribution in [1.29, 1.82) is 0 Å². The third kappa shape index (κ3) is 4.41. The zero-order chi connectivity index (χ0) is 18.7. The summed E-state index contributed by atoms with van der Waals surface area (Å²) in [4.78, 5) is 23.5. The van der Waals surface area contributed by atoms with Gasteiger partial charge < -0.3 is 10.6 Å². The molecule has 0 aliphatic heterocycles. The van der Waals surface area contributed by atoms with Crippen molar-refractivity contribution in [3.8, 4) is 11.3 Å². The number of anilines is 2. The molecule has 132 valence electrons. The van der Waals surface area contributed by atoms with Gasteiger partial charge in [-0.25, -0.2) is 9.48 Å². The summed E-state index contributed by atoms with van der Waals surface area (Å²) in [5.74, 6) is 0. The van der Waals surface area contributed by atoms with Crippen LogP contribution in [0.15, 0.2) is 59.4 Å². The molecule has 0 radical (unpaired) electrons. The molecule has 8 heteroatoms. The second kappa shape index (κ2) is 7.59. The summed E-state index contributed by atoms with van der Waals surface area (Å²) in [7, 11) is 1.59. The highest BCUT2D eigenvalue weighted by Crippen LogP contribution is 2.23. The van der Waals surface area contributed by atoms with Gasteiger partial charge in [0, 0.05) is 40.1 Å². The molecule has 0 spiro atoms. The van der Waals surface area contributed by atoms with E-state index in [-0.39, 0.29) is 5.56 Å². The van der Waals surface area contributed by atoms with Crippen molar-refractivity contribution in [1.82, 2.24) is 9.78 Å². The first kappa shape index (κ1) is 18.0. The number of hydrogen-bond donors (Lipinski definition) is 2. The Bertz CT molecular complexity index is 996. The summed E-state index contributed by atoms with van der Waals surface area (Å²) in [6.07, 6.45) is 0. The van der Waals surface area contributed by atoms with Crippen LogP contribution in [0.2, 0.25) is 10.0 Å². The maximum absolute atomic E-state index is 12.1. The number of hydrogen-bond acceptors (Lipinski definition) is 3. The molecule has 2 N–H and O–H groups in total. The molecule has 2 aromatic carbocycles. The Morgan fingerprint density at radius 3 is 2.15 bits per heavy atom. The lowest BCUT2D eigenvalue weighted by Gasteiger charge is -2.09. The fourth-order valence-corrected chi connectivity index (χ4v) is 2.83. The molecule has 0 bridgehead atoms. The van der Waals surface area contributed by atoms with Crippen LogP contribution in [0.25, 0.3) is 11.3 Å². The monoisotopic (exact) mass is 388 g/mol. The maximum Gasteiger partial charge on any atom is 0.323 e. The van der Waals surface area contributed by atoms with Crippen LogP contribution in [0.3, 0.4) is 0 Å². The lowest BCUT2D eigenvalue weighted by atomic mass is 10.1. The number of carbonyl (C=O) groups is 1. The number of halogens is 2. The van der Waals surface area contributed by atoms with Gasteiger partial charge in [-0.2, -0.15) is 5.10 Å². The van der Waals surface area contributed by atoms with Crippen LogP contribution >= 0.6 is 23.2 Å². The molecule has 26 heavy (non-hydrogen) atoms. The highest BCUT2D eigenvalue weighted by atomic mass is 35.5. The molecule has 1 heterocycles. The van der Waals surface area contributed by atoms with Crippen LogP contribution in [0, 0.1) is 0 Å². The number of rotatable bonds is 3. The van der Waals surface area contributed by atoms with E-state index in [0.29, 0.717) is 27.1 Å². The molecule has 0 saturated carbocycles. The Kier molecular flexibility index (Phi) is 5.25. The minimum absolute atomic E-state index is 0.176. The normalized spacial score (nSPS) is 10.4. The van der Waals surface area contributed by atoms with Gasteiger partial charge in [-0.3, -0.25) is 4.79 Å². The van der Waals surface area contributed by atoms with E-state index in [1.807, 2.05) is 0 Å². The summed E-state index contributed by atoms with van der Waals surface area (Å²) in [6, 6.07) is 14.6. The van der Waals surface area contributed by atoms with Crippen LogP contribution in [0.5, 0.6) is 0 Å². The Morgan fingerprint density at radius 1 is 0.923 bits per heavy atom. The smallest absolute Gasteiger partial charge is 0.308 e. The van der Waals surface area contributed by atoms with E-state index >= 15 is 0 Å². The van der Waals surface area contributed by atoms with Crippen LogP contribution in [-0.4, -0.2) is 15.8 Å². The zero-order valence-corrected chi connectivity index (χ0v) is 15.2. The lowest BCUT2D eigenvalue weighted by molar-refractivity contribution is 0.262. The zero-order valence-electron chi connectivity index (χ0n) is 13.7. The first-order chi connectivity index (χ1) is 12.4. The standard InChI is InChI=1S/C18H14Cl2N4O2/c1-24-17(25)7-6-16(23-24)11-2-4-14(5-3-11)21-18(26)22-15-9-12(19)8-13(20)10-15/h2-10H,1H3,(H2,21,22,26). The molecule has 3 aromatic rings. The molecule has 0 atom stereocenters. The average Bonchev–Trinajstić information content (AvgIpc) is 2.57. The van der Waals surface area contributed by atoms with Gasteiger partial charge in [-0.05, 0) is 36.4 Å². The maximum atomic E-state index is 12.1. The number of nitrogens with one attached hydrogen (secondary N) is 2. The average molecular weight is 389 g/mol. The van der Waals surface area contributed by atoms with Crippen molar-refractivity contribution in [2.75, 3.05) is 10.6 Å². The van der Waals surface area contributed by atoms with E-state index in [2.05, 4.69) is 15.7 Å². The van der Waals surface area contributed by atoms with Crippen LogP contribution in [0.4, 0.5) is 16.2 Å². The molecule has 1 aromatic heterocycles. The second-order valence-corrected chi connectivity index (χ2v) is 6.37. The van der Waals surface area contributed by atoms with Gasteiger partial charge in [0.1, 0.15) is 0 Å². The minimum Gasteiger partial charge on any atom is -0.308 e. The van der Waals surface area contributed by atoms with Crippen molar-refractivity contribution in [2.24, 2.45) is 7.05 Å². The van der Waals surface area contributed by atoms with E-state index in [1.165, 1.54) is 10.7 Å². The molecular weight excluding hydrogens is 375 g/mol. The number of benzene rings is 2. The van der Waals surface area contributed by atoms with Gasteiger partial charge in [-0.15, -0.1) is 0 Å². The third-order valence-electron chi connectivity index (χ3n) is 3.52. The van der Waals surface area contributed by atoms with Crippen LogP contribution in [-0.2, 0) is 7.05 Å². The highest BCUT2D eigenvalue weighted by Gasteiger charge is 2.06. The summed E-state index contributed by atoms with van der Waals surface area (Å²) >= 11 is 11.8. The van der Waals surface area contributed by atoms with Crippen molar-refractivity contribution >= 4 is 40.6 Å². The quantitative estimate of drug-likeness (QED) is 0.697. The summed E-state index contributed by atoms with van der Waals surface area (Å²) in [5, 5.41) is 10.4. The van der Waals surface area contributed by atoms with Gasteiger partial charge in [0.15, 0.2) is 0 Å². The SMILES string of the molecule is Cn1nc(-c2ccc(NC(=O)Nc3cc(Cl)cc(Cl)c3)cc2)ccc1=O. The van der Waals surface area contributed by atoms with E-state index in [4.69, 9.17) is 23.2 Å². The first-order valence-corrected chi connectivity index (χ1v) is 8.35. The summed E-state index contributed by atoms with van der Waals surface area (Å²) in [5.41, 5.74) is 2.41. The summed E-state index contributed by atoms with van der Waals surface area (Å²) in [6.45, 7) is 0. The third-order valence-corrected chi connectivity index (χ3v) is 3.96. The molecule has 3 rings (SSSR count). The Balaban J connectivity index is 1.69. The largest absolute Gasteiger partial charge is 0.323 e. The predicted molar refractivity (Wildman–Crippen MR) is 104 cm³/mol. The second-order valence-electron chi connectivity index (χ2n) is 5.50. The highest BCUT2D eigenvalue weighted by molar-refractivity contribution is 6.35. The topological polar surface area (TPSA) is 76.0 Å². The fraction of sp³-hybridized carbons (Fsp3) is 0.0556. The molecule has 2 amide bonds.